The molecule has 3 atom stereocenters. The molecule has 1 saturated heterocycles. The van der Waals surface area contributed by atoms with Crippen molar-refractivity contribution in [1.82, 2.24) is 10.1 Å². The maximum atomic E-state index is 11.5. The molecule has 106 valence electrons. The molecule has 19 heavy (non-hydrogen) atoms. The van der Waals surface area contributed by atoms with Crippen molar-refractivity contribution in [3.63, 3.8) is 0 Å². The lowest BCUT2D eigenvalue weighted by Gasteiger charge is -2.25. The van der Waals surface area contributed by atoms with Gasteiger partial charge in [0.2, 0.25) is 5.89 Å². The number of aromatic nitrogens is 2. The lowest BCUT2D eigenvalue weighted by molar-refractivity contribution is 0.288. The molecule has 2 aliphatic rings. The van der Waals surface area contributed by atoms with Crippen LogP contribution in [-0.4, -0.2) is 36.1 Å². The first-order chi connectivity index (χ1) is 9.05. The summed E-state index contributed by atoms with van der Waals surface area (Å²) in [5, 5.41) is 3.97. The summed E-state index contributed by atoms with van der Waals surface area (Å²) < 4.78 is 28.3. The number of rotatable bonds is 2. The lowest BCUT2D eigenvalue weighted by Crippen LogP contribution is -2.31. The van der Waals surface area contributed by atoms with Crippen LogP contribution in [-0.2, 0) is 9.84 Å². The Morgan fingerprint density at radius 3 is 2.68 bits per heavy atom. The van der Waals surface area contributed by atoms with Gasteiger partial charge in [0.1, 0.15) is 0 Å². The summed E-state index contributed by atoms with van der Waals surface area (Å²) in [7, 11) is -2.92. The van der Waals surface area contributed by atoms with Gasteiger partial charge in [0.15, 0.2) is 15.7 Å². The molecule has 2 fully saturated rings. The average molecular weight is 285 g/mol. The van der Waals surface area contributed by atoms with Crippen LogP contribution in [0.3, 0.4) is 0 Å². The molecule has 0 aromatic carbocycles. The van der Waals surface area contributed by atoms with Crippen molar-refractivity contribution in [2.24, 2.45) is 5.73 Å². The Hall–Kier alpha value is -0.950. The largest absolute Gasteiger partial charge is 0.339 e. The van der Waals surface area contributed by atoms with Gasteiger partial charge in [-0.1, -0.05) is 18.0 Å². The Morgan fingerprint density at radius 1 is 1.21 bits per heavy atom. The third-order valence-corrected chi connectivity index (χ3v) is 5.96. The van der Waals surface area contributed by atoms with Crippen molar-refractivity contribution in [3.05, 3.63) is 11.7 Å². The Morgan fingerprint density at radius 2 is 2.00 bits per heavy atom. The molecular weight excluding hydrogens is 266 g/mol. The van der Waals surface area contributed by atoms with E-state index in [2.05, 4.69) is 10.1 Å². The van der Waals surface area contributed by atoms with Crippen LogP contribution in [0.5, 0.6) is 0 Å². The monoisotopic (exact) mass is 285 g/mol. The van der Waals surface area contributed by atoms with Crippen LogP contribution in [0.25, 0.3) is 0 Å². The minimum atomic E-state index is -2.92. The van der Waals surface area contributed by atoms with Crippen molar-refractivity contribution in [1.29, 1.82) is 0 Å². The van der Waals surface area contributed by atoms with Gasteiger partial charge < -0.3 is 10.3 Å². The Labute approximate surface area is 112 Å². The highest BCUT2D eigenvalue weighted by molar-refractivity contribution is 7.91. The molecule has 0 amide bonds. The fourth-order valence-corrected chi connectivity index (χ4v) is 4.77. The normalized spacial score (nSPS) is 34.5. The molecule has 3 rings (SSSR count). The predicted molar refractivity (Wildman–Crippen MR) is 69.5 cm³/mol. The third kappa shape index (κ3) is 2.67. The van der Waals surface area contributed by atoms with Gasteiger partial charge in [-0.15, -0.1) is 0 Å². The fourth-order valence-electron chi connectivity index (χ4n) is 3.03. The molecule has 1 aromatic heterocycles. The molecule has 2 N–H and O–H groups in total. The molecule has 3 unspecified atom stereocenters. The van der Waals surface area contributed by atoms with Crippen LogP contribution >= 0.6 is 0 Å². The molecule has 0 spiro atoms. The topological polar surface area (TPSA) is 99.1 Å². The van der Waals surface area contributed by atoms with E-state index in [9.17, 15) is 8.42 Å². The second kappa shape index (κ2) is 4.86. The van der Waals surface area contributed by atoms with E-state index in [1.807, 2.05) is 0 Å². The molecular formula is C12H19N3O3S. The van der Waals surface area contributed by atoms with E-state index in [1.54, 1.807) is 0 Å². The van der Waals surface area contributed by atoms with Gasteiger partial charge in [0, 0.05) is 12.0 Å². The summed E-state index contributed by atoms with van der Waals surface area (Å²) in [6.07, 6.45) is 4.84. The van der Waals surface area contributed by atoms with Gasteiger partial charge in [-0.05, 0) is 19.3 Å². The maximum absolute atomic E-state index is 11.5. The minimum absolute atomic E-state index is 0.0781. The highest BCUT2D eigenvalue weighted by Crippen LogP contribution is 2.33. The Bertz CT molecular complexity index is 554. The quantitative estimate of drug-likeness (QED) is 0.868. The lowest BCUT2D eigenvalue weighted by atomic mass is 9.85. The number of sulfone groups is 1. The SMILES string of the molecule is NC1CCCCC1c1nc(C2CCS(=O)(=O)C2)no1. The Kier molecular flexibility index (Phi) is 3.34. The summed E-state index contributed by atoms with van der Waals surface area (Å²) in [4.78, 5) is 4.41. The maximum Gasteiger partial charge on any atom is 0.231 e. The number of nitrogens with zero attached hydrogens (tertiary/aromatic N) is 2. The van der Waals surface area contributed by atoms with Gasteiger partial charge in [-0.25, -0.2) is 8.42 Å². The van der Waals surface area contributed by atoms with E-state index in [0.29, 0.717) is 18.1 Å². The summed E-state index contributed by atoms with van der Waals surface area (Å²) in [6.45, 7) is 0. The van der Waals surface area contributed by atoms with E-state index >= 15 is 0 Å². The van der Waals surface area contributed by atoms with Gasteiger partial charge in [-0.3, -0.25) is 0 Å². The number of nitrogens with two attached hydrogens (primary N) is 1. The smallest absolute Gasteiger partial charge is 0.231 e. The summed E-state index contributed by atoms with van der Waals surface area (Å²) in [5.41, 5.74) is 6.09. The van der Waals surface area contributed by atoms with Gasteiger partial charge in [0.05, 0.1) is 17.4 Å². The molecule has 7 heteroatoms. The second-order valence-corrected chi connectivity index (χ2v) is 7.87. The van der Waals surface area contributed by atoms with Crippen LogP contribution in [0.2, 0.25) is 0 Å². The highest BCUT2D eigenvalue weighted by atomic mass is 32.2. The zero-order chi connectivity index (χ0) is 13.5. The van der Waals surface area contributed by atoms with Crippen molar-refractivity contribution in [3.8, 4) is 0 Å². The van der Waals surface area contributed by atoms with E-state index in [4.69, 9.17) is 10.3 Å². The van der Waals surface area contributed by atoms with E-state index in [1.165, 1.54) is 0 Å². The van der Waals surface area contributed by atoms with Gasteiger partial charge >= 0.3 is 0 Å². The fraction of sp³-hybridized carbons (Fsp3) is 0.833. The van der Waals surface area contributed by atoms with E-state index in [0.717, 1.165) is 25.7 Å². The zero-order valence-electron chi connectivity index (χ0n) is 10.8. The van der Waals surface area contributed by atoms with Crippen LogP contribution in [0.15, 0.2) is 4.52 Å². The molecule has 1 aliphatic heterocycles. The zero-order valence-corrected chi connectivity index (χ0v) is 11.6. The average Bonchev–Trinajstić information content (AvgIpc) is 2.96. The first-order valence-corrected chi connectivity index (χ1v) is 8.67. The molecule has 1 aromatic rings. The standard InChI is InChI=1S/C12H19N3O3S/c13-10-4-2-1-3-9(10)12-14-11(15-18-12)8-5-6-19(16,17)7-8/h8-10H,1-7,13H2. The van der Waals surface area contributed by atoms with Crippen molar-refractivity contribution in [2.75, 3.05) is 11.5 Å². The first kappa shape index (κ1) is 13.1. The van der Waals surface area contributed by atoms with Crippen LogP contribution in [0, 0.1) is 0 Å². The molecule has 6 nitrogen and oxygen atoms in total. The second-order valence-electron chi connectivity index (χ2n) is 5.65. The van der Waals surface area contributed by atoms with Crippen LogP contribution in [0.4, 0.5) is 0 Å². The predicted octanol–water partition coefficient (Wildman–Crippen LogP) is 0.957. The molecule has 2 heterocycles. The molecule has 0 bridgehead atoms. The van der Waals surface area contributed by atoms with Crippen molar-refractivity contribution >= 4 is 9.84 Å². The molecule has 1 saturated carbocycles. The van der Waals surface area contributed by atoms with E-state index < -0.39 is 9.84 Å². The van der Waals surface area contributed by atoms with Crippen molar-refractivity contribution < 1.29 is 12.9 Å². The Balaban J connectivity index is 1.76. The minimum Gasteiger partial charge on any atom is -0.339 e. The summed E-state index contributed by atoms with van der Waals surface area (Å²) in [5.74, 6) is 1.52. The van der Waals surface area contributed by atoms with Gasteiger partial charge in [-0.2, -0.15) is 4.98 Å². The van der Waals surface area contributed by atoms with Crippen LogP contribution < -0.4 is 5.73 Å². The summed E-state index contributed by atoms with van der Waals surface area (Å²) >= 11 is 0. The van der Waals surface area contributed by atoms with Crippen molar-refractivity contribution in [2.45, 2.75) is 50.0 Å². The molecule has 0 radical (unpaired) electrons. The molecule has 1 aliphatic carbocycles. The van der Waals surface area contributed by atoms with E-state index in [-0.39, 0.29) is 29.4 Å². The van der Waals surface area contributed by atoms with Crippen LogP contribution in [0.1, 0.15) is 55.7 Å². The first-order valence-electron chi connectivity index (χ1n) is 6.85. The highest BCUT2D eigenvalue weighted by Gasteiger charge is 2.34. The van der Waals surface area contributed by atoms with Gasteiger partial charge in [0.25, 0.3) is 0 Å². The third-order valence-electron chi connectivity index (χ3n) is 4.19. The number of hydrogen-bond donors (Lipinski definition) is 1. The number of hydrogen-bond acceptors (Lipinski definition) is 6. The summed E-state index contributed by atoms with van der Waals surface area (Å²) in [6, 6.07) is 0.0781.